The largest absolute Gasteiger partial charge is 0.395 e. The van der Waals surface area contributed by atoms with Crippen LogP contribution in [0, 0.1) is 5.92 Å². The summed E-state index contributed by atoms with van der Waals surface area (Å²) in [6, 6.07) is 0.552. The lowest BCUT2D eigenvalue weighted by atomic mass is 9.84. The Morgan fingerprint density at radius 1 is 1.33 bits per heavy atom. The number of hydrogen-bond donors (Lipinski definition) is 3. The molecule has 1 fully saturated rings. The molecule has 3 nitrogen and oxygen atoms in total. The van der Waals surface area contributed by atoms with Gasteiger partial charge in [0.15, 0.2) is 0 Å². The highest BCUT2D eigenvalue weighted by atomic mass is 16.3. The van der Waals surface area contributed by atoms with Crippen molar-refractivity contribution in [1.82, 2.24) is 5.32 Å². The third kappa shape index (κ3) is 2.73. The number of nitrogens with two attached hydrogens (primary N) is 1. The van der Waals surface area contributed by atoms with Crippen LogP contribution < -0.4 is 11.1 Å². The molecule has 0 bridgehead atoms. The molecule has 2 unspecified atom stereocenters. The van der Waals surface area contributed by atoms with Gasteiger partial charge in [-0.05, 0) is 25.3 Å². The Hall–Kier alpha value is -0.120. The van der Waals surface area contributed by atoms with Gasteiger partial charge in [0.1, 0.15) is 0 Å². The summed E-state index contributed by atoms with van der Waals surface area (Å²) in [5, 5.41) is 12.0. The van der Waals surface area contributed by atoms with Crippen LogP contribution in [0.25, 0.3) is 0 Å². The second-order valence-electron chi connectivity index (χ2n) is 3.56. The van der Waals surface area contributed by atoms with Gasteiger partial charge in [-0.2, -0.15) is 0 Å². The molecule has 1 aliphatic carbocycles. The second kappa shape index (κ2) is 5.51. The van der Waals surface area contributed by atoms with E-state index >= 15 is 0 Å². The van der Waals surface area contributed by atoms with Crippen LogP contribution >= 0.6 is 0 Å². The van der Waals surface area contributed by atoms with Gasteiger partial charge in [-0.1, -0.05) is 12.8 Å². The molecule has 12 heavy (non-hydrogen) atoms. The molecular formula is C9H20N2O. The van der Waals surface area contributed by atoms with Crippen LogP contribution in [0.3, 0.4) is 0 Å². The molecule has 0 aromatic carbocycles. The Labute approximate surface area is 74.3 Å². The first-order valence-corrected chi connectivity index (χ1v) is 4.92. The maximum absolute atomic E-state index is 8.66. The van der Waals surface area contributed by atoms with Crippen LogP contribution in [0.1, 0.15) is 25.7 Å². The maximum Gasteiger partial charge on any atom is 0.0556 e. The van der Waals surface area contributed by atoms with Crippen molar-refractivity contribution in [1.29, 1.82) is 0 Å². The summed E-state index contributed by atoms with van der Waals surface area (Å²) in [5.74, 6) is 0.630. The summed E-state index contributed by atoms with van der Waals surface area (Å²) < 4.78 is 0. The molecule has 2 atom stereocenters. The van der Waals surface area contributed by atoms with E-state index in [0.717, 1.165) is 6.54 Å². The number of aliphatic hydroxyl groups excluding tert-OH is 1. The van der Waals surface area contributed by atoms with Crippen molar-refractivity contribution < 1.29 is 5.11 Å². The minimum atomic E-state index is 0.230. The molecule has 1 saturated carbocycles. The second-order valence-corrected chi connectivity index (χ2v) is 3.56. The van der Waals surface area contributed by atoms with E-state index in [9.17, 15) is 0 Å². The van der Waals surface area contributed by atoms with Crippen molar-refractivity contribution in [2.45, 2.75) is 31.7 Å². The molecule has 0 amide bonds. The Morgan fingerprint density at radius 2 is 2.08 bits per heavy atom. The van der Waals surface area contributed by atoms with E-state index in [0.29, 0.717) is 18.5 Å². The topological polar surface area (TPSA) is 58.3 Å². The number of hydrogen-bond acceptors (Lipinski definition) is 3. The summed E-state index contributed by atoms with van der Waals surface area (Å²) in [5.41, 5.74) is 5.66. The summed E-state index contributed by atoms with van der Waals surface area (Å²) in [6.07, 6.45) is 5.10. The van der Waals surface area contributed by atoms with Gasteiger partial charge in [-0.25, -0.2) is 0 Å². The molecule has 0 saturated heterocycles. The summed E-state index contributed by atoms with van der Waals surface area (Å²) in [7, 11) is 0. The lowest BCUT2D eigenvalue weighted by Gasteiger charge is -2.31. The van der Waals surface area contributed by atoms with Gasteiger partial charge in [0.05, 0.1) is 6.61 Å². The normalized spacial score (nSPS) is 30.5. The van der Waals surface area contributed by atoms with Crippen LogP contribution in [0.5, 0.6) is 0 Å². The van der Waals surface area contributed by atoms with Crippen molar-refractivity contribution in [2.75, 3.05) is 19.7 Å². The van der Waals surface area contributed by atoms with Crippen LogP contribution in [0.2, 0.25) is 0 Å². The maximum atomic E-state index is 8.66. The highest BCUT2D eigenvalue weighted by Crippen LogP contribution is 2.23. The molecule has 0 heterocycles. The van der Waals surface area contributed by atoms with E-state index in [4.69, 9.17) is 10.8 Å². The van der Waals surface area contributed by atoms with Gasteiger partial charge in [0.2, 0.25) is 0 Å². The predicted octanol–water partition coefficient (Wildman–Crippen LogP) is 0.0858. The first-order valence-electron chi connectivity index (χ1n) is 4.92. The molecule has 3 heteroatoms. The van der Waals surface area contributed by atoms with Gasteiger partial charge < -0.3 is 16.2 Å². The Bertz CT molecular complexity index is 119. The zero-order valence-electron chi connectivity index (χ0n) is 7.63. The summed E-state index contributed by atoms with van der Waals surface area (Å²) in [6.45, 7) is 1.72. The zero-order chi connectivity index (χ0) is 8.81. The van der Waals surface area contributed by atoms with Gasteiger partial charge in [0, 0.05) is 12.6 Å². The predicted molar refractivity (Wildman–Crippen MR) is 49.9 cm³/mol. The molecule has 4 N–H and O–H groups in total. The lowest BCUT2D eigenvalue weighted by Crippen LogP contribution is -2.42. The zero-order valence-corrected chi connectivity index (χ0v) is 7.63. The Balaban J connectivity index is 2.26. The van der Waals surface area contributed by atoms with Crippen molar-refractivity contribution >= 4 is 0 Å². The van der Waals surface area contributed by atoms with Gasteiger partial charge in [-0.15, -0.1) is 0 Å². The molecule has 1 rings (SSSR count). The third-order valence-electron chi connectivity index (χ3n) is 2.73. The van der Waals surface area contributed by atoms with Gasteiger partial charge in [-0.3, -0.25) is 0 Å². The van der Waals surface area contributed by atoms with E-state index in [-0.39, 0.29) is 6.61 Å². The molecular weight excluding hydrogens is 152 g/mol. The average molecular weight is 172 g/mol. The van der Waals surface area contributed by atoms with Crippen LogP contribution in [-0.2, 0) is 0 Å². The molecule has 72 valence electrons. The molecule has 0 spiro atoms. The van der Waals surface area contributed by atoms with Crippen LogP contribution in [0.15, 0.2) is 0 Å². The summed E-state index contributed by atoms with van der Waals surface area (Å²) >= 11 is 0. The highest BCUT2D eigenvalue weighted by molar-refractivity contribution is 4.81. The molecule has 1 aliphatic rings. The fraction of sp³-hybridized carbons (Fsp3) is 1.00. The molecule has 0 aromatic rings. The molecule has 0 aliphatic heterocycles. The summed E-state index contributed by atoms with van der Waals surface area (Å²) in [4.78, 5) is 0. The van der Waals surface area contributed by atoms with E-state index in [1.165, 1.54) is 25.7 Å². The molecule has 0 radical (unpaired) electrons. The standard InChI is InChI=1S/C9H20N2O/c10-7-8-3-1-2-4-9(8)11-5-6-12/h8-9,11-12H,1-7,10H2. The quantitative estimate of drug-likeness (QED) is 0.563. The third-order valence-corrected chi connectivity index (χ3v) is 2.73. The smallest absolute Gasteiger partial charge is 0.0556 e. The highest BCUT2D eigenvalue weighted by Gasteiger charge is 2.22. The van der Waals surface area contributed by atoms with Crippen LogP contribution in [0.4, 0.5) is 0 Å². The first-order chi connectivity index (χ1) is 5.88. The monoisotopic (exact) mass is 172 g/mol. The lowest BCUT2D eigenvalue weighted by molar-refractivity contribution is 0.235. The number of aliphatic hydroxyl groups is 1. The van der Waals surface area contributed by atoms with E-state index in [1.54, 1.807) is 0 Å². The van der Waals surface area contributed by atoms with E-state index < -0.39 is 0 Å². The molecule has 0 aromatic heterocycles. The Kier molecular flexibility index (Phi) is 4.58. The average Bonchev–Trinajstić information content (AvgIpc) is 2.15. The van der Waals surface area contributed by atoms with Crippen molar-refractivity contribution in [3.05, 3.63) is 0 Å². The van der Waals surface area contributed by atoms with Crippen molar-refractivity contribution in [3.8, 4) is 0 Å². The van der Waals surface area contributed by atoms with E-state index in [1.807, 2.05) is 0 Å². The fourth-order valence-corrected chi connectivity index (χ4v) is 2.01. The number of nitrogens with one attached hydrogen (secondary N) is 1. The fourth-order valence-electron chi connectivity index (χ4n) is 2.01. The first kappa shape index (κ1) is 9.96. The van der Waals surface area contributed by atoms with Crippen LogP contribution in [-0.4, -0.2) is 30.8 Å². The number of rotatable bonds is 4. The minimum Gasteiger partial charge on any atom is -0.395 e. The van der Waals surface area contributed by atoms with Crippen molar-refractivity contribution in [3.63, 3.8) is 0 Å². The van der Waals surface area contributed by atoms with Crippen molar-refractivity contribution in [2.24, 2.45) is 11.7 Å². The SMILES string of the molecule is NCC1CCCCC1NCCO. The van der Waals surface area contributed by atoms with E-state index in [2.05, 4.69) is 5.32 Å². The van der Waals surface area contributed by atoms with Gasteiger partial charge in [0.25, 0.3) is 0 Å². The minimum absolute atomic E-state index is 0.230. The van der Waals surface area contributed by atoms with Gasteiger partial charge >= 0.3 is 0 Å². The Morgan fingerprint density at radius 3 is 2.75 bits per heavy atom.